The molecule has 1 aromatic rings. The fourth-order valence-electron chi connectivity index (χ4n) is 2.09. The lowest BCUT2D eigenvalue weighted by Crippen LogP contribution is -2.46. The molecule has 0 aliphatic rings. The second kappa shape index (κ2) is 8.29. The largest absolute Gasteiger partial charge is 0.481 e. The van der Waals surface area contributed by atoms with Crippen LogP contribution < -0.4 is 10.1 Å². The number of rotatable bonds is 8. The van der Waals surface area contributed by atoms with Crippen molar-refractivity contribution in [2.45, 2.75) is 39.7 Å². The summed E-state index contributed by atoms with van der Waals surface area (Å²) in [5.74, 6) is -1.44. The van der Waals surface area contributed by atoms with E-state index in [2.05, 4.69) is 21.2 Å². The number of halogens is 2. The molecule has 1 aromatic carbocycles. The van der Waals surface area contributed by atoms with Crippen molar-refractivity contribution >= 4 is 27.8 Å². The number of hydrogen-bond donors (Lipinski definition) is 2. The maximum absolute atomic E-state index is 13.0. The molecule has 0 fully saturated rings. The summed E-state index contributed by atoms with van der Waals surface area (Å²) in [4.78, 5) is 23.5. The smallest absolute Gasteiger partial charge is 0.311 e. The lowest BCUT2D eigenvalue weighted by atomic mass is 9.82. The third-order valence-corrected chi connectivity index (χ3v) is 4.59. The highest BCUT2D eigenvalue weighted by molar-refractivity contribution is 9.10. The van der Waals surface area contributed by atoms with Crippen molar-refractivity contribution in [1.82, 2.24) is 5.32 Å². The van der Waals surface area contributed by atoms with Crippen molar-refractivity contribution in [1.29, 1.82) is 0 Å². The predicted octanol–water partition coefficient (Wildman–Crippen LogP) is 3.36. The number of hydrogen-bond acceptors (Lipinski definition) is 3. The first-order valence-corrected chi connectivity index (χ1v) is 8.18. The van der Waals surface area contributed by atoms with Crippen molar-refractivity contribution in [2.24, 2.45) is 5.41 Å². The maximum atomic E-state index is 13.0. The van der Waals surface area contributed by atoms with Crippen LogP contribution in [-0.4, -0.2) is 29.6 Å². The lowest BCUT2D eigenvalue weighted by Gasteiger charge is -2.27. The monoisotopic (exact) mass is 389 g/mol. The number of ether oxygens (including phenoxy) is 1. The summed E-state index contributed by atoms with van der Waals surface area (Å²) in [5.41, 5.74) is -0.980. The number of carbonyl (C=O) groups excluding carboxylic acids is 1. The van der Waals surface area contributed by atoms with Gasteiger partial charge in [0.25, 0.3) is 5.91 Å². The van der Waals surface area contributed by atoms with Gasteiger partial charge in [-0.05, 0) is 53.9 Å². The van der Waals surface area contributed by atoms with Crippen LogP contribution in [-0.2, 0) is 9.59 Å². The zero-order chi connectivity index (χ0) is 17.6. The second-order valence-electron chi connectivity index (χ2n) is 5.35. The molecule has 0 bridgehead atoms. The van der Waals surface area contributed by atoms with Gasteiger partial charge < -0.3 is 15.2 Å². The third-order valence-electron chi connectivity index (χ3n) is 3.98. The Kier molecular flexibility index (Phi) is 7.00. The Hall–Kier alpha value is -1.63. The fraction of sp³-hybridized carbons (Fsp3) is 0.500. The predicted molar refractivity (Wildman–Crippen MR) is 87.9 cm³/mol. The van der Waals surface area contributed by atoms with Crippen LogP contribution in [0.4, 0.5) is 4.39 Å². The zero-order valence-electron chi connectivity index (χ0n) is 13.4. The van der Waals surface area contributed by atoms with E-state index in [1.165, 1.54) is 18.2 Å². The van der Waals surface area contributed by atoms with Crippen LogP contribution in [0.3, 0.4) is 0 Å². The summed E-state index contributed by atoms with van der Waals surface area (Å²) in [6.45, 7) is 5.14. The molecule has 0 saturated carbocycles. The quantitative estimate of drug-likeness (QED) is 0.714. The molecule has 0 aliphatic heterocycles. The van der Waals surface area contributed by atoms with Gasteiger partial charge in [0.2, 0.25) is 0 Å². The van der Waals surface area contributed by atoms with Crippen molar-refractivity contribution in [3.8, 4) is 5.75 Å². The van der Waals surface area contributed by atoms with Crippen LogP contribution >= 0.6 is 15.9 Å². The summed E-state index contributed by atoms with van der Waals surface area (Å²) < 4.78 is 18.9. The normalized spacial score (nSPS) is 12.6. The Morgan fingerprint density at radius 3 is 2.48 bits per heavy atom. The molecule has 7 heteroatoms. The van der Waals surface area contributed by atoms with Crippen molar-refractivity contribution in [3.05, 3.63) is 28.5 Å². The number of nitrogens with one attached hydrogen (secondary N) is 1. The van der Waals surface area contributed by atoms with Gasteiger partial charge in [-0.15, -0.1) is 0 Å². The van der Waals surface area contributed by atoms with Gasteiger partial charge in [-0.2, -0.15) is 0 Å². The molecule has 1 amide bonds. The molecule has 0 spiro atoms. The van der Waals surface area contributed by atoms with Gasteiger partial charge >= 0.3 is 5.97 Å². The van der Waals surface area contributed by atoms with Gasteiger partial charge in [0.1, 0.15) is 11.6 Å². The lowest BCUT2D eigenvalue weighted by molar-refractivity contribution is -0.149. The molecule has 1 unspecified atom stereocenters. The fourth-order valence-corrected chi connectivity index (χ4v) is 2.54. The van der Waals surface area contributed by atoms with E-state index < -0.39 is 29.2 Å². The Morgan fingerprint density at radius 2 is 2.00 bits per heavy atom. The standard InChI is InChI=1S/C16H21BrFNO4/c1-4-16(5-2,15(21)22)9-19-14(20)10(3)23-13-7-6-11(18)8-12(13)17/h6-8,10H,4-5,9H2,1-3H3,(H,19,20)(H,21,22). The van der Waals surface area contributed by atoms with Crippen LogP contribution in [0.15, 0.2) is 22.7 Å². The highest BCUT2D eigenvalue weighted by Crippen LogP contribution is 2.27. The van der Waals surface area contributed by atoms with Gasteiger partial charge in [-0.1, -0.05) is 13.8 Å². The number of aliphatic carboxylic acids is 1. The second-order valence-corrected chi connectivity index (χ2v) is 6.20. The minimum absolute atomic E-state index is 0.0342. The van der Waals surface area contributed by atoms with E-state index in [0.717, 1.165) is 0 Å². The summed E-state index contributed by atoms with van der Waals surface area (Å²) in [6, 6.07) is 3.89. The minimum Gasteiger partial charge on any atom is -0.481 e. The Balaban J connectivity index is 2.68. The minimum atomic E-state index is -0.980. The van der Waals surface area contributed by atoms with Gasteiger partial charge in [-0.25, -0.2) is 4.39 Å². The molecule has 0 saturated heterocycles. The van der Waals surface area contributed by atoms with Crippen LogP contribution in [0.2, 0.25) is 0 Å². The third kappa shape index (κ3) is 4.92. The number of benzene rings is 1. The number of carboxylic acids is 1. The first-order chi connectivity index (χ1) is 10.8. The molecule has 23 heavy (non-hydrogen) atoms. The first kappa shape index (κ1) is 19.4. The Labute approximate surface area is 143 Å². The van der Waals surface area contributed by atoms with Gasteiger partial charge in [0.05, 0.1) is 9.89 Å². The van der Waals surface area contributed by atoms with E-state index in [-0.39, 0.29) is 6.54 Å². The molecule has 1 rings (SSSR count). The van der Waals surface area contributed by atoms with E-state index >= 15 is 0 Å². The first-order valence-electron chi connectivity index (χ1n) is 7.38. The molecule has 5 nitrogen and oxygen atoms in total. The molecular weight excluding hydrogens is 369 g/mol. The average Bonchev–Trinajstić information content (AvgIpc) is 2.50. The highest BCUT2D eigenvalue weighted by atomic mass is 79.9. The van der Waals surface area contributed by atoms with Crippen molar-refractivity contribution in [2.75, 3.05) is 6.54 Å². The maximum Gasteiger partial charge on any atom is 0.311 e. The SMILES string of the molecule is CCC(CC)(CNC(=O)C(C)Oc1ccc(F)cc1Br)C(=O)O. The van der Waals surface area contributed by atoms with Crippen molar-refractivity contribution in [3.63, 3.8) is 0 Å². The average molecular weight is 390 g/mol. The number of amides is 1. The molecule has 0 aliphatic carbocycles. The van der Waals surface area contributed by atoms with E-state index in [9.17, 15) is 19.1 Å². The Bertz CT molecular complexity index is 575. The van der Waals surface area contributed by atoms with Gasteiger partial charge in [0.15, 0.2) is 6.10 Å². The number of carbonyl (C=O) groups is 2. The molecule has 0 radical (unpaired) electrons. The summed E-state index contributed by atoms with van der Waals surface area (Å²) in [6.07, 6.45) is -0.00705. The molecule has 128 valence electrons. The van der Waals surface area contributed by atoms with E-state index in [1.807, 2.05) is 0 Å². The highest BCUT2D eigenvalue weighted by Gasteiger charge is 2.35. The molecule has 0 aromatic heterocycles. The van der Waals surface area contributed by atoms with Gasteiger partial charge in [0, 0.05) is 6.54 Å². The molecule has 2 N–H and O–H groups in total. The van der Waals surface area contributed by atoms with E-state index in [1.54, 1.807) is 20.8 Å². The van der Waals surface area contributed by atoms with Crippen molar-refractivity contribution < 1.29 is 23.8 Å². The zero-order valence-corrected chi connectivity index (χ0v) is 14.9. The molecular formula is C16H21BrFNO4. The van der Waals surface area contributed by atoms with Crippen LogP contribution in [0.25, 0.3) is 0 Å². The summed E-state index contributed by atoms with van der Waals surface area (Å²) >= 11 is 3.16. The summed E-state index contributed by atoms with van der Waals surface area (Å²) in [7, 11) is 0. The van der Waals surface area contributed by atoms with Crippen LogP contribution in [0.1, 0.15) is 33.6 Å². The van der Waals surface area contributed by atoms with Crippen LogP contribution in [0.5, 0.6) is 5.75 Å². The summed E-state index contributed by atoms with van der Waals surface area (Å²) in [5, 5.41) is 12.0. The van der Waals surface area contributed by atoms with E-state index in [0.29, 0.717) is 23.1 Å². The molecule has 0 heterocycles. The topological polar surface area (TPSA) is 75.6 Å². The number of carboxylic acid groups (broad SMARTS) is 1. The molecule has 1 atom stereocenters. The van der Waals surface area contributed by atoms with Gasteiger partial charge in [-0.3, -0.25) is 9.59 Å². The van der Waals surface area contributed by atoms with Crippen LogP contribution in [0, 0.1) is 11.2 Å². The Morgan fingerprint density at radius 1 is 1.39 bits per heavy atom. The van der Waals surface area contributed by atoms with E-state index in [4.69, 9.17) is 4.74 Å².